The zero-order valence-electron chi connectivity index (χ0n) is 70.5. The van der Waals surface area contributed by atoms with Crippen molar-refractivity contribution in [1.82, 2.24) is 0 Å². The fourth-order valence-electron chi connectivity index (χ4n) is 11.2. The van der Waals surface area contributed by atoms with Crippen LogP contribution in [-0.2, 0) is 55.8 Å². The summed E-state index contributed by atoms with van der Waals surface area (Å²) < 4.78 is 61.3. The minimum absolute atomic E-state index is 0.0379. The number of unbranched alkanes of at least 4 members (excludes halogenated alkanes) is 26. The fraction of sp³-hybridized carbons (Fsp3) is 0.632. The number of allylic oxidation sites excluding steroid dienone is 32. The maximum Gasteiger partial charge on any atom is 0.472 e. The van der Waals surface area contributed by atoms with Crippen LogP contribution in [-0.4, -0.2) is 95.9 Å². The molecule has 0 bridgehead atoms. The third-order valence-corrected chi connectivity index (χ3v) is 19.7. The van der Waals surface area contributed by atoms with Gasteiger partial charge in [-0.2, -0.15) is 0 Å². The van der Waals surface area contributed by atoms with E-state index >= 15 is 0 Å². The average molecular weight is 1620 g/mol. The first-order valence-corrected chi connectivity index (χ1v) is 46.7. The Morgan fingerprint density at radius 2 is 0.469 bits per heavy atom. The minimum Gasteiger partial charge on any atom is -0.463 e. The predicted octanol–water partition coefficient (Wildman–Crippen LogP) is 26.7. The van der Waals surface area contributed by atoms with Gasteiger partial charge < -0.3 is 34.2 Å². The molecule has 5 unspecified atom stereocenters. The van der Waals surface area contributed by atoms with Crippen LogP contribution in [0, 0.1) is 0 Å². The van der Waals surface area contributed by atoms with Gasteiger partial charge in [-0.15, -0.1) is 0 Å². The van der Waals surface area contributed by atoms with Crippen LogP contribution in [0.25, 0.3) is 0 Å². The molecule has 113 heavy (non-hydrogen) atoms. The number of aliphatic hydroxyl groups excluding tert-OH is 2. The van der Waals surface area contributed by atoms with Crippen molar-refractivity contribution < 1.29 is 75.8 Å². The van der Waals surface area contributed by atoms with E-state index in [4.69, 9.17) is 32.3 Å². The van der Waals surface area contributed by atoms with E-state index in [1.807, 2.05) is 0 Å². The van der Waals surface area contributed by atoms with Gasteiger partial charge in [-0.25, -0.2) is 9.13 Å². The molecule has 0 aliphatic rings. The molecule has 0 aliphatic heterocycles. The molecule has 0 spiro atoms. The van der Waals surface area contributed by atoms with E-state index in [9.17, 15) is 43.5 Å². The molecule has 5 atom stereocenters. The molecule has 0 fully saturated rings. The molecular formula is C95H156O16P2. The number of ether oxygens (including phenoxy) is 3. The highest BCUT2D eigenvalue weighted by Crippen LogP contribution is 2.45. The van der Waals surface area contributed by atoms with Gasteiger partial charge in [-0.1, -0.05) is 337 Å². The van der Waals surface area contributed by atoms with Crippen LogP contribution >= 0.6 is 15.6 Å². The lowest BCUT2D eigenvalue weighted by Crippen LogP contribution is -2.30. The van der Waals surface area contributed by atoms with Crippen molar-refractivity contribution >= 4 is 33.6 Å². The van der Waals surface area contributed by atoms with E-state index in [0.29, 0.717) is 25.7 Å². The molecule has 0 aromatic heterocycles. The molecule has 0 aromatic rings. The van der Waals surface area contributed by atoms with Crippen LogP contribution in [0.3, 0.4) is 0 Å². The van der Waals surface area contributed by atoms with Crippen LogP contribution in [0.15, 0.2) is 194 Å². The Kier molecular flexibility index (Phi) is 81.5. The molecule has 0 heterocycles. The number of hydrogen-bond acceptors (Lipinski definition) is 14. The number of phosphoric ester groups is 2. The van der Waals surface area contributed by atoms with E-state index in [-0.39, 0.29) is 19.3 Å². The van der Waals surface area contributed by atoms with Crippen molar-refractivity contribution in [2.75, 3.05) is 39.6 Å². The molecule has 0 radical (unpaired) electrons. The third kappa shape index (κ3) is 87.1. The highest BCUT2D eigenvalue weighted by molar-refractivity contribution is 7.47. The zero-order valence-corrected chi connectivity index (χ0v) is 72.3. The Hall–Kier alpha value is -5.61. The topological polar surface area (TPSA) is 231 Å². The number of esters is 3. The summed E-state index contributed by atoms with van der Waals surface area (Å²) in [6.45, 7) is 2.36. The quantitative estimate of drug-likeness (QED) is 0.0146. The zero-order chi connectivity index (χ0) is 82.2. The first-order valence-electron chi connectivity index (χ1n) is 43.7. The monoisotopic (exact) mass is 1620 g/mol. The summed E-state index contributed by atoms with van der Waals surface area (Å²) in [5.74, 6) is -1.65. The molecule has 642 valence electrons. The normalized spacial score (nSPS) is 14.8. The van der Waals surface area contributed by atoms with Crippen molar-refractivity contribution in [3.8, 4) is 0 Å². The van der Waals surface area contributed by atoms with E-state index in [2.05, 4.69) is 215 Å². The molecule has 0 amide bonds. The first-order chi connectivity index (χ1) is 55.2. The smallest absolute Gasteiger partial charge is 0.463 e. The lowest BCUT2D eigenvalue weighted by atomic mass is 10.0. The maximum atomic E-state index is 13.0. The summed E-state index contributed by atoms with van der Waals surface area (Å²) in [5.41, 5.74) is 0. The lowest BCUT2D eigenvalue weighted by molar-refractivity contribution is -0.161. The van der Waals surface area contributed by atoms with Gasteiger partial charge in [0.15, 0.2) is 6.10 Å². The van der Waals surface area contributed by atoms with Gasteiger partial charge in [0.2, 0.25) is 0 Å². The molecule has 4 N–H and O–H groups in total. The summed E-state index contributed by atoms with van der Waals surface area (Å²) in [6.07, 6.45) is 113. The van der Waals surface area contributed by atoms with Crippen molar-refractivity contribution in [2.45, 2.75) is 347 Å². The van der Waals surface area contributed by atoms with E-state index in [0.717, 1.165) is 161 Å². The van der Waals surface area contributed by atoms with Crippen molar-refractivity contribution in [3.63, 3.8) is 0 Å². The Labute approximate surface area is 687 Å². The SMILES string of the molecule is CC/C=C\C/C=C\C/C=C\C/C=C\C/C=C\C/C=C\CCCCCCCCC(=O)OCC(COP(=O)(O)OCC(O)COP(=O)(O)OCC(O)COC(=O)CCCCCCCCCCCCCCCCC/C=C\C/C=C\C/C=C\C/C=C\CCCCC)OC(=O)CCCC/C=C\C/C=C\C/C=C\C/C=C\C/C=C\C/C=C\CC. The minimum atomic E-state index is -4.96. The van der Waals surface area contributed by atoms with Crippen LogP contribution in [0.5, 0.6) is 0 Å². The second-order valence-corrected chi connectivity index (χ2v) is 31.5. The summed E-state index contributed by atoms with van der Waals surface area (Å²) in [4.78, 5) is 58.9. The second-order valence-electron chi connectivity index (χ2n) is 28.6. The van der Waals surface area contributed by atoms with Gasteiger partial charge >= 0.3 is 33.6 Å². The van der Waals surface area contributed by atoms with Gasteiger partial charge in [0.05, 0.1) is 26.4 Å². The Morgan fingerprint density at radius 1 is 0.257 bits per heavy atom. The first kappa shape index (κ1) is 107. The van der Waals surface area contributed by atoms with Crippen LogP contribution in [0.4, 0.5) is 0 Å². The van der Waals surface area contributed by atoms with E-state index < -0.39 is 91.5 Å². The second kappa shape index (κ2) is 85.8. The van der Waals surface area contributed by atoms with Crippen molar-refractivity contribution in [1.29, 1.82) is 0 Å². The van der Waals surface area contributed by atoms with Crippen molar-refractivity contribution in [2.24, 2.45) is 0 Å². The Morgan fingerprint density at radius 3 is 0.761 bits per heavy atom. The maximum absolute atomic E-state index is 13.0. The van der Waals surface area contributed by atoms with Gasteiger partial charge in [-0.05, 0) is 167 Å². The summed E-state index contributed by atoms with van der Waals surface area (Å²) in [7, 11) is -9.84. The molecule has 0 rings (SSSR count). The Bertz CT molecular complexity index is 2830. The molecule has 18 heteroatoms. The largest absolute Gasteiger partial charge is 0.472 e. The van der Waals surface area contributed by atoms with Crippen LogP contribution in [0.2, 0.25) is 0 Å². The van der Waals surface area contributed by atoms with Crippen LogP contribution in [0.1, 0.15) is 329 Å². The van der Waals surface area contributed by atoms with Gasteiger partial charge in [-0.3, -0.25) is 32.5 Å². The van der Waals surface area contributed by atoms with Gasteiger partial charge in [0.25, 0.3) is 0 Å². The van der Waals surface area contributed by atoms with Gasteiger partial charge in [0.1, 0.15) is 25.4 Å². The number of hydrogen-bond donors (Lipinski definition) is 4. The van der Waals surface area contributed by atoms with Crippen LogP contribution < -0.4 is 0 Å². The molecule has 0 aliphatic carbocycles. The number of phosphoric acid groups is 2. The standard InChI is InChI=1S/C95H156O16P2/c1-4-7-10-13-16-19-22-25-28-31-34-37-39-41-42-43-44-45-46-48-50-52-54-57-60-63-66-69-72-75-78-81-93(98)105-84-90(96)85-107-112(101,102)108-86-91(97)87-109-113(103,104)110-89-92(111-95(100)83-80-77-74-71-68-65-62-59-56-51-36-33-30-27-24-21-18-15-12-9-6-3)88-106-94(99)82-79-76-73-70-67-64-61-58-55-53-49-47-40-38-35-32-29-26-23-20-17-14-11-8-5-2/h8-9,11-12,16-21,25-30,34-38,41-42,47,49,51,55,58-59,62,68,71,90-92,96-97H,4-7,10,13-15,22-24,31-33,39-40,43-46,48,50,52-54,56-57,60-61,63-67,69-70,72-89H2,1-3H3,(H,101,102)(H,103,104)/b11-8-,12-9-,19-16-,20-17-,21-18-,28-25-,29-26-,30-27-,37-34-,38-35-,42-41-,49-47-,51-36-,58-55-,62-59-,71-68-. The van der Waals surface area contributed by atoms with Gasteiger partial charge in [0, 0.05) is 19.3 Å². The lowest BCUT2D eigenvalue weighted by Gasteiger charge is -2.21. The fourth-order valence-corrected chi connectivity index (χ4v) is 12.8. The summed E-state index contributed by atoms with van der Waals surface area (Å²) in [6, 6.07) is 0. The number of rotatable bonds is 81. The highest BCUT2D eigenvalue weighted by Gasteiger charge is 2.29. The third-order valence-electron chi connectivity index (χ3n) is 17.8. The molecule has 16 nitrogen and oxygen atoms in total. The average Bonchev–Trinajstić information content (AvgIpc) is 0.899. The number of carbonyl (C=O) groups excluding carboxylic acids is 3. The molecule has 0 aromatic carbocycles. The Balaban J connectivity index is 4.66. The highest BCUT2D eigenvalue weighted by atomic mass is 31.2. The number of carbonyl (C=O) groups is 3. The molecule has 0 saturated heterocycles. The molecule has 0 saturated carbocycles. The van der Waals surface area contributed by atoms with Crippen molar-refractivity contribution in [3.05, 3.63) is 194 Å². The molecular weight excluding hydrogens is 1460 g/mol. The summed E-state index contributed by atoms with van der Waals surface area (Å²) in [5, 5.41) is 20.7. The summed E-state index contributed by atoms with van der Waals surface area (Å²) >= 11 is 0. The van der Waals surface area contributed by atoms with E-state index in [1.54, 1.807) is 0 Å². The predicted molar refractivity (Wildman–Crippen MR) is 472 cm³/mol. The van der Waals surface area contributed by atoms with E-state index in [1.165, 1.54) is 103 Å². The number of aliphatic hydroxyl groups is 2.